The molecule has 2 aromatic heterocycles. The van der Waals surface area contributed by atoms with Crippen molar-refractivity contribution in [3.8, 4) is 0 Å². The second kappa shape index (κ2) is 9.92. The van der Waals surface area contributed by atoms with Crippen LogP contribution in [0.3, 0.4) is 0 Å². The Labute approximate surface area is 227 Å². The number of benzene rings is 2. The summed E-state index contributed by atoms with van der Waals surface area (Å²) < 4.78 is 30.8. The van der Waals surface area contributed by atoms with E-state index >= 15 is 0 Å². The van der Waals surface area contributed by atoms with Crippen molar-refractivity contribution in [2.45, 2.75) is 64.0 Å². The summed E-state index contributed by atoms with van der Waals surface area (Å²) in [5.74, 6) is 3.51. The third-order valence-electron chi connectivity index (χ3n) is 7.97. The van der Waals surface area contributed by atoms with Gasteiger partial charge in [0, 0.05) is 42.7 Å². The molecule has 1 fully saturated rings. The number of aliphatic hydroxyl groups is 1. The number of rotatable bonds is 6. The van der Waals surface area contributed by atoms with Crippen molar-refractivity contribution in [2.75, 3.05) is 7.05 Å². The van der Waals surface area contributed by atoms with Gasteiger partial charge in [0.25, 0.3) is 0 Å². The van der Waals surface area contributed by atoms with Crippen LogP contribution in [-0.4, -0.2) is 32.6 Å². The number of allylic oxidation sites excluding steroid dienone is 1. The van der Waals surface area contributed by atoms with E-state index in [9.17, 15) is 13.9 Å². The lowest BCUT2D eigenvalue weighted by Gasteiger charge is -2.36. The SMILES string of the molecule is C/C(N)=C(\c1cnc2c3ccc(C(C)(C)O)cc3n(C(c3ccccc3)C3CCC(F)(F)CC3)c2c1)N(C)N. The van der Waals surface area contributed by atoms with Gasteiger partial charge in [-0.1, -0.05) is 42.5 Å². The fraction of sp³-hybridized carbons (Fsp3) is 0.387. The predicted octanol–water partition coefficient (Wildman–Crippen LogP) is 6.28. The smallest absolute Gasteiger partial charge is 0.248 e. The van der Waals surface area contributed by atoms with Crippen molar-refractivity contribution in [3.05, 3.63) is 83.2 Å². The second-order valence-electron chi connectivity index (χ2n) is 11.4. The molecule has 0 bridgehead atoms. The Morgan fingerprint density at radius 2 is 1.77 bits per heavy atom. The highest BCUT2D eigenvalue weighted by Crippen LogP contribution is 2.46. The van der Waals surface area contributed by atoms with E-state index in [0.717, 1.165) is 38.6 Å². The number of hydrogen-bond acceptors (Lipinski definition) is 5. The zero-order valence-corrected chi connectivity index (χ0v) is 23.0. The van der Waals surface area contributed by atoms with Crippen LogP contribution in [-0.2, 0) is 5.60 Å². The molecule has 0 amide bonds. The minimum Gasteiger partial charge on any atom is -0.401 e. The van der Waals surface area contributed by atoms with Crippen LogP contribution in [0.25, 0.3) is 27.6 Å². The van der Waals surface area contributed by atoms with Gasteiger partial charge in [0.2, 0.25) is 5.92 Å². The molecule has 0 aliphatic heterocycles. The number of nitrogens with two attached hydrogens (primary N) is 2. The zero-order valence-electron chi connectivity index (χ0n) is 23.0. The minimum absolute atomic E-state index is 0.0105. The first kappa shape index (κ1) is 27.1. The number of fused-ring (bicyclic) bond motifs is 3. The van der Waals surface area contributed by atoms with Gasteiger partial charge >= 0.3 is 0 Å². The van der Waals surface area contributed by atoms with Gasteiger partial charge in [-0.25, -0.2) is 14.6 Å². The standard InChI is InChI=1S/C31H37F2N5O/c1-19(34)28(37(4)35)22-16-26-27(36-18-22)24-11-10-23(30(2,3)39)17-25(24)38(26)29(20-8-6-5-7-9-20)21-12-14-31(32,33)15-13-21/h5-11,16-18,21,29,39H,12-15,34-35H2,1-4H3/b28-19-. The first-order valence-corrected chi connectivity index (χ1v) is 13.4. The lowest BCUT2D eigenvalue weighted by molar-refractivity contribution is -0.0493. The zero-order chi connectivity index (χ0) is 28.1. The van der Waals surface area contributed by atoms with E-state index in [4.69, 9.17) is 16.6 Å². The van der Waals surface area contributed by atoms with Gasteiger partial charge in [-0.05, 0) is 62.8 Å². The van der Waals surface area contributed by atoms with Crippen LogP contribution in [0.2, 0.25) is 0 Å². The van der Waals surface area contributed by atoms with Gasteiger partial charge in [0.05, 0.1) is 33.9 Å². The van der Waals surface area contributed by atoms with Crippen LogP contribution in [0, 0.1) is 5.92 Å². The monoisotopic (exact) mass is 533 g/mol. The maximum atomic E-state index is 14.3. The molecule has 1 aliphatic carbocycles. The highest BCUT2D eigenvalue weighted by molar-refractivity contribution is 6.06. The average Bonchev–Trinajstić information content (AvgIpc) is 3.18. The van der Waals surface area contributed by atoms with Crippen molar-refractivity contribution >= 4 is 27.6 Å². The Morgan fingerprint density at radius 1 is 1.10 bits per heavy atom. The summed E-state index contributed by atoms with van der Waals surface area (Å²) in [7, 11) is 1.73. The lowest BCUT2D eigenvalue weighted by Crippen LogP contribution is -2.30. The molecule has 5 N–H and O–H groups in total. The van der Waals surface area contributed by atoms with E-state index in [2.05, 4.69) is 16.7 Å². The molecular weight excluding hydrogens is 496 g/mol. The molecule has 1 atom stereocenters. The van der Waals surface area contributed by atoms with Gasteiger partial charge in [-0.2, -0.15) is 0 Å². The Morgan fingerprint density at radius 3 is 2.36 bits per heavy atom. The number of hydrazine groups is 1. The molecule has 1 saturated carbocycles. The maximum absolute atomic E-state index is 14.3. The fourth-order valence-electron chi connectivity index (χ4n) is 6.08. The van der Waals surface area contributed by atoms with Crippen LogP contribution in [0.1, 0.15) is 69.2 Å². The Hall–Kier alpha value is -3.49. The molecule has 5 rings (SSSR count). The number of hydrogen-bond donors (Lipinski definition) is 3. The van der Waals surface area contributed by atoms with Gasteiger partial charge < -0.3 is 20.4 Å². The largest absolute Gasteiger partial charge is 0.401 e. The van der Waals surface area contributed by atoms with Crippen molar-refractivity contribution in [3.63, 3.8) is 0 Å². The molecule has 2 aromatic carbocycles. The summed E-state index contributed by atoms with van der Waals surface area (Å²) in [6.45, 7) is 5.31. The lowest BCUT2D eigenvalue weighted by atomic mass is 9.79. The fourth-order valence-corrected chi connectivity index (χ4v) is 6.08. The van der Waals surface area contributed by atoms with Crippen molar-refractivity contribution in [1.29, 1.82) is 0 Å². The highest BCUT2D eigenvalue weighted by atomic mass is 19.3. The molecule has 0 radical (unpaired) electrons. The van der Waals surface area contributed by atoms with Crippen LogP contribution < -0.4 is 11.6 Å². The first-order valence-electron chi connectivity index (χ1n) is 13.4. The molecule has 0 spiro atoms. The van der Waals surface area contributed by atoms with Crippen LogP contribution in [0.15, 0.2) is 66.5 Å². The summed E-state index contributed by atoms with van der Waals surface area (Å²) in [6, 6.07) is 17.8. The summed E-state index contributed by atoms with van der Waals surface area (Å²) in [5, 5.41) is 13.3. The first-order chi connectivity index (χ1) is 18.4. The third kappa shape index (κ3) is 5.11. The molecule has 6 nitrogen and oxygen atoms in total. The highest BCUT2D eigenvalue weighted by Gasteiger charge is 2.39. The van der Waals surface area contributed by atoms with E-state index in [1.54, 1.807) is 34.0 Å². The van der Waals surface area contributed by atoms with Crippen LogP contribution in [0.4, 0.5) is 8.78 Å². The van der Waals surface area contributed by atoms with Gasteiger partial charge in [0.1, 0.15) is 0 Å². The molecule has 1 unspecified atom stereocenters. The van der Waals surface area contributed by atoms with E-state index in [1.807, 2.05) is 42.5 Å². The van der Waals surface area contributed by atoms with E-state index in [-0.39, 0.29) is 24.8 Å². The molecular formula is C31H37F2N5O. The molecule has 4 aromatic rings. The van der Waals surface area contributed by atoms with Crippen molar-refractivity contribution in [1.82, 2.24) is 14.6 Å². The molecule has 206 valence electrons. The quantitative estimate of drug-likeness (QED) is 0.200. The molecule has 0 saturated heterocycles. The summed E-state index contributed by atoms with van der Waals surface area (Å²) in [6.07, 6.45) is 2.32. The molecule has 2 heterocycles. The average molecular weight is 534 g/mol. The van der Waals surface area contributed by atoms with Gasteiger partial charge in [-0.3, -0.25) is 4.98 Å². The van der Waals surface area contributed by atoms with Crippen LogP contribution >= 0.6 is 0 Å². The second-order valence-corrected chi connectivity index (χ2v) is 11.4. The van der Waals surface area contributed by atoms with Crippen LogP contribution in [0.5, 0.6) is 0 Å². The molecule has 1 aliphatic rings. The molecule has 39 heavy (non-hydrogen) atoms. The summed E-state index contributed by atoms with van der Waals surface area (Å²) in [5.41, 5.74) is 11.5. The van der Waals surface area contributed by atoms with Gasteiger partial charge in [0.15, 0.2) is 0 Å². The summed E-state index contributed by atoms with van der Waals surface area (Å²) >= 11 is 0. The minimum atomic E-state index is -2.63. The number of pyridine rings is 1. The van der Waals surface area contributed by atoms with E-state index < -0.39 is 11.5 Å². The maximum Gasteiger partial charge on any atom is 0.248 e. The molecule has 8 heteroatoms. The van der Waals surface area contributed by atoms with Gasteiger partial charge in [-0.15, -0.1) is 0 Å². The Bertz CT molecular complexity index is 1520. The third-order valence-corrected chi connectivity index (χ3v) is 7.97. The number of halogens is 2. The topological polar surface area (TPSA) is 93.3 Å². The predicted molar refractivity (Wildman–Crippen MR) is 153 cm³/mol. The Kier molecular flexibility index (Phi) is 6.89. The normalized spacial score (nSPS) is 17.8. The Balaban J connectivity index is 1.85. The van der Waals surface area contributed by atoms with E-state index in [1.165, 1.54) is 5.01 Å². The van der Waals surface area contributed by atoms with Crippen molar-refractivity contribution in [2.24, 2.45) is 17.5 Å². The van der Waals surface area contributed by atoms with E-state index in [0.29, 0.717) is 24.2 Å². The van der Waals surface area contributed by atoms with Crippen molar-refractivity contribution < 1.29 is 13.9 Å². The number of aromatic nitrogens is 2. The summed E-state index contributed by atoms with van der Waals surface area (Å²) in [4.78, 5) is 4.88. The number of alkyl halides is 2. The number of nitrogens with zero attached hydrogens (tertiary/aromatic N) is 3.